The second-order valence-electron chi connectivity index (χ2n) is 6.53. The number of aromatic nitrogens is 1. The normalized spacial score (nSPS) is 11.7. The first kappa shape index (κ1) is 21.4. The first-order chi connectivity index (χ1) is 14.4. The van der Waals surface area contributed by atoms with Gasteiger partial charge in [0.15, 0.2) is 6.10 Å². The van der Waals surface area contributed by atoms with Gasteiger partial charge in [-0.2, -0.15) is 0 Å². The second kappa shape index (κ2) is 9.45. The first-order valence-corrected chi connectivity index (χ1v) is 9.77. The van der Waals surface area contributed by atoms with Crippen LogP contribution in [0.5, 0.6) is 5.75 Å². The van der Waals surface area contributed by atoms with E-state index in [1.54, 1.807) is 62.4 Å². The third-order valence-corrected chi connectivity index (χ3v) is 4.59. The first-order valence-electron chi connectivity index (χ1n) is 9.40. The van der Waals surface area contributed by atoms with Gasteiger partial charge in [0.05, 0.1) is 12.0 Å². The number of amides is 1. The van der Waals surface area contributed by atoms with Crippen molar-refractivity contribution in [2.75, 3.05) is 11.9 Å². The van der Waals surface area contributed by atoms with E-state index in [4.69, 9.17) is 21.1 Å². The molecule has 30 heavy (non-hydrogen) atoms. The number of esters is 1. The summed E-state index contributed by atoms with van der Waals surface area (Å²) in [7, 11) is 0. The lowest BCUT2D eigenvalue weighted by atomic mass is 10.1. The number of ether oxygens (including phenoxy) is 2. The van der Waals surface area contributed by atoms with Gasteiger partial charge in [0.2, 0.25) is 5.91 Å². The Bertz CT molecular complexity index is 1120. The number of anilines is 1. The Labute approximate surface area is 178 Å². The van der Waals surface area contributed by atoms with Crippen molar-refractivity contribution in [1.82, 2.24) is 4.57 Å². The van der Waals surface area contributed by atoms with Gasteiger partial charge in [-0.25, -0.2) is 4.79 Å². The quantitative estimate of drug-likeness (QED) is 0.581. The molecule has 7 nitrogen and oxygen atoms in total. The third kappa shape index (κ3) is 4.99. The van der Waals surface area contributed by atoms with Crippen LogP contribution in [-0.4, -0.2) is 29.2 Å². The zero-order valence-corrected chi connectivity index (χ0v) is 17.3. The highest BCUT2D eigenvalue weighted by Crippen LogP contribution is 2.24. The fraction of sp³-hybridized carbons (Fsp3) is 0.227. The van der Waals surface area contributed by atoms with E-state index in [1.165, 1.54) is 10.8 Å². The van der Waals surface area contributed by atoms with Gasteiger partial charge in [0.1, 0.15) is 12.3 Å². The summed E-state index contributed by atoms with van der Waals surface area (Å²) < 4.78 is 12.0. The molecule has 0 aliphatic carbocycles. The monoisotopic (exact) mass is 428 g/mol. The molecule has 0 fully saturated rings. The van der Waals surface area contributed by atoms with E-state index in [-0.39, 0.29) is 24.6 Å². The van der Waals surface area contributed by atoms with Crippen molar-refractivity contribution in [2.45, 2.75) is 26.5 Å². The van der Waals surface area contributed by atoms with Crippen LogP contribution in [0, 0.1) is 0 Å². The molecular formula is C22H21ClN2O5. The van der Waals surface area contributed by atoms with E-state index in [9.17, 15) is 14.4 Å². The number of pyridine rings is 1. The number of carbonyl (C=O) groups excluding carboxylic acids is 2. The Morgan fingerprint density at radius 3 is 2.53 bits per heavy atom. The van der Waals surface area contributed by atoms with Crippen LogP contribution >= 0.6 is 11.6 Å². The van der Waals surface area contributed by atoms with Gasteiger partial charge < -0.3 is 19.4 Å². The van der Waals surface area contributed by atoms with Crippen LogP contribution < -0.4 is 15.6 Å². The number of rotatable bonds is 7. The molecule has 1 aromatic heterocycles. The predicted molar refractivity (Wildman–Crippen MR) is 115 cm³/mol. The maximum Gasteiger partial charge on any atom is 0.347 e. The van der Waals surface area contributed by atoms with Gasteiger partial charge in [-0.15, -0.1) is 0 Å². The van der Waals surface area contributed by atoms with Crippen molar-refractivity contribution in [3.8, 4) is 5.75 Å². The van der Waals surface area contributed by atoms with Crippen LogP contribution in [0.1, 0.15) is 13.8 Å². The summed E-state index contributed by atoms with van der Waals surface area (Å²) in [5.74, 6) is -0.438. The van der Waals surface area contributed by atoms with E-state index in [2.05, 4.69) is 5.32 Å². The van der Waals surface area contributed by atoms with Crippen molar-refractivity contribution in [2.24, 2.45) is 0 Å². The molecule has 8 heteroatoms. The molecule has 156 valence electrons. The number of nitrogens with one attached hydrogen (secondary N) is 1. The van der Waals surface area contributed by atoms with Crippen molar-refractivity contribution in [1.29, 1.82) is 0 Å². The smallest absolute Gasteiger partial charge is 0.347 e. The Hall–Kier alpha value is -3.32. The molecule has 2 aromatic carbocycles. The lowest BCUT2D eigenvalue weighted by molar-refractivity contribution is -0.150. The molecule has 0 aliphatic heterocycles. The van der Waals surface area contributed by atoms with Gasteiger partial charge in [0, 0.05) is 22.3 Å². The highest BCUT2D eigenvalue weighted by atomic mass is 35.5. The highest BCUT2D eigenvalue weighted by Gasteiger charge is 2.18. The molecule has 0 bridgehead atoms. The van der Waals surface area contributed by atoms with Crippen LogP contribution in [0.4, 0.5) is 5.69 Å². The average Bonchev–Trinajstić information content (AvgIpc) is 2.72. The Morgan fingerprint density at radius 1 is 1.10 bits per heavy atom. The van der Waals surface area contributed by atoms with Crippen LogP contribution in [0.3, 0.4) is 0 Å². The summed E-state index contributed by atoms with van der Waals surface area (Å²) >= 11 is 5.84. The summed E-state index contributed by atoms with van der Waals surface area (Å²) in [6.45, 7) is 3.40. The van der Waals surface area contributed by atoms with Crippen LogP contribution in [-0.2, 0) is 20.9 Å². The molecular weight excluding hydrogens is 408 g/mol. The number of benzene rings is 2. The summed E-state index contributed by atoms with van der Waals surface area (Å²) in [5, 5.41) is 4.21. The molecule has 0 saturated heterocycles. The minimum Gasteiger partial charge on any atom is -0.478 e. The molecule has 3 aromatic rings. The van der Waals surface area contributed by atoms with Gasteiger partial charge in [-0.05, 0) is 56.3 Å². The molecule has 1 N–H and O–H groups in total. The van der Waals surface area contributed by atoms with Gasteiger partial charge in [0.25, 0.3) is 5.56 Å². The molecule has 3 rings (SSSR count). The molecule has 1 amide bonds. The van der Waals surface area contributed by atoms with Crippen molar-refractivity contribution in [3.63, 3.8) is 0 Å². The number of fused-ring (bicyclic) bond motifs is 1. The summed E-state index contributed by atoms with van der Waals surface area (Å²) in [6, 6.07) is 13.3. The van der Waals surface area contributed by atoms with E-state index >= 15 is 0 Å². The average molecular weight is 429 g/mol. The number of halogens is 1. The summed E-state index contributed by atoms with van der Waals surface area (Å²) in [5.41, 5.74) is 0.245. The minimum absolute atomic E-state index is 0.151. The van der Waals surface area contributed by atoms with Crippen LogP contribution in [0.2, 0.25) is 5.02 Å². The molecule has 0 radical (unpaired) electrons. The molecule has 1 unspecified atom stereocenters. The van der Waals surface area contributed by atoms with Gasteiger partial charge in [-0.1, -0.05) is 17.7 Å². The molecule has 1 heterocycles. The third-order valence-electron chi connectivity index (χ3n) is 4.34. The molecule has 0 spiro atoms. The number of hydrogen-bond donors (Lipinski definition) is 1. The van der Waals surface area contributed by atoms with Crippen molar-refractivity contribution >= 4 is 39.9 Å². The zero-order chi connectivity index (χ0) is 21.7. The largest absolute Gasteiger partial charge is 0.478 e. The van der Waals surface area contributed by atoms with E-state index < -0.39 is 12.1 Å². The van der Waals surface area contributed by atoms with E-state index in [0.29, 0.717) is 27.2 Å². The number of nitrogens with zero attached hydrogens (tertiary/aromatic N) is 1. The minimum atomic E-state index is -0.817. The lowest BCUT2D eigenvalue weighted by Gasteiger charge is -2.15. The maximum absolute atomic E-state index is 12.9. The Morgan fingerprint density at radius 2 is 1.83 bits per heavy atom. The van der Waals surface area contributed by atoms with Crippen LogP contribution in [0.15, 0.2) is 59.5 Å². The predicted octanol–water partition coefficient (Wildman–Crippen LogP) is 3.62. The molecule has 0 saturated carbocycles. The SMILES string of the molecule is CCOC(=O)C(C)Oc1cccc2c(=O)n(CC(=O)Nc3ccc(Cl)cc3)ccc12. The van der Waals surface area contributed by atoms with E-state index in [1.807, 2.05) is 0 Å². The zero-order valence-electron chi connectivity index (χ0n) is 16.6. The van der Waals surface area contributed by atoms with Gasteiger partial charge in [-0.3, -0.25) is 9.59 Å². The fourth-order valence-corrected chi connectivity index (χ4v) is 3.03. The lowest BCUT2D eigenvalue weighted by Crippen LogP contribution is -2.28. The topological polar surface area (TPSA) is 86.6 Å². The fourth-order valence-electron chi connectivity index (χ4n) is 2.90. The summed E-state index contributed by atoms with van der Waals surface area (Å²) in [4.78, 5) is 37.0. The van der Waals surface area contributed by atoms with Gasteiger partial charge >= 0.3 is 5.97 Å². The number of carbonyl (C=O) groups is 2. The molecule has 0 aliphatic rings. The second-order valence-corrected chi connectivity index (χ2v) is 6.97. The maximum atomic E-state index is 12.9. The Kier molecular flexibility index (Phi) is 6.74. The summed E-state index contributed by atoms with van der Waals surface area (Å²) in [6.07, 6.45) is 0.705. The molecule has 1 atom stereocenters. The van der Waals surface area contributed by atoms with Crippen LogP contribution in [0.25, 0.3) is 10.8 Å². The number of hydrogen-bond acceptors (Lipinski definition) is 5. The standard InChI is InChI=1S/C22H21ClN2O5/c1-3-29-22(28)14(2)30-19-6-4-5-18-17(19)11-12-25(21(18)27)13-20(26)24-16-9-7-15(23)8-10-16/h4-12,14H,3,13H2,1-2H3,(H,24,26). The highest BCUT2D eigenvalue weighted by molar-refractivity contribution is 6.30. The van der Waals surface area contributed by atoms with E-state index in [0.717, 1.165) is 0 Å². The van der Waals surface area contributed by atoms with Crippen molar-refractivity contribution in [3.05, 3.63) is 70.1 Å². The Balaban J connectivity index is 1.80. The van der Waals surface area contributed by atoms with Crippen molar-refractivity contribution < 1.29 is 19.1 Å².